The van der Waals surface area contributed by atoms with Crippen LogP contribution in [-0.2, 0) is 10.0 Å². The minimum Gasteiger partial charge on any atom is -0.304 e. The standard InChI is InChI=1S/C11H14BrCl2N3O2S/c1-16-2-4-17(5-3-16)15-20(18,19)11-9(13)6-8(12)7-10(11)14/h6-7,15H,2-5H2,1H3. The van der Waals surface area contributed by atoms with E-state index in [4.69, 9.17) is 23.2 Å². The van der Waals surface area contributed by atoms with E-state index in [1.54, 1.807) is 5.01 Å². The first-order valence-electron chi connectivity index (χ1n) is 5.90. The van der Waals surface area contributed by atoms with E-state index < -0.39 is 10.0 Å². The molecule has 0 amide bonds. The van der Waals surface area contributed by atoms with Crippen molar-refractivity contribution in [2.75, 3.05) is 33.2 Å². The fourth-order valence-corrected chi connectivity index (χ4v) is 4.96. The van der Waals surface area contributed by atoms with Crippen molar-refractivity contribution in [1.82, 2.24) is 14.7 Å². The molecule has 1 heterocycles. The van der Waals surface area contributed by atoms with Crippen molar-refractivity contribution in [3.05, 3.63) is 26.7 Å². The van der Waals surface area contributed by atoms with Gasteiger partial charge in [0.05, 0.1) is 10.0 Å². The summed E-state index contributed by atoms with van der Waals surface area (Å²) in [5, 5.41) is 1.83. The second-order valence-corrected chi connectivity index (χ2v) is 7.91. The average molecular weight is 403 g/mol. The summed E-state index contributed by atoms with van der Waals surface area (Å²) in [7, 11) is -1.79. The molecule has 0 spiro atoms. The van der Waals surface area contributed by atoms with Gasteiger partial charge in [0.15, 0.2) is 0 Å². The van der Waals surface area contributed by atoms with Crippen LogP contribution in [0.4, 0.5) is 0 Å². The Kier molecular flexibility index (Phi) is 5.34. The van der Waals surface area contributed by atoms with Crippen LogP contribution in [0.3, 0.4) is 0 Å². The molecule has 0 aliphatic carbocycles. The van der Waals surface area contributed by atoms with Gasteiger partial charge in [-0.1, -0.05) is 39.1 Å². The number of halogens is 3. The van der Waals surface area contributed by atoms with Crippen molar-refractivity contribution in [1.29, 1.82) is 0 Å². The first-order chi connectivity index (χ1) is 9.29. The van der Waals surface area contributed by atoms with Gasteiger partial charge in [-0.3, -0.25) is 0 Å². The molecule has 1 fully saturated rings. The first-order valence-corrected chi connectivity index (χ1v) is 8.93. The number of likely N-dealkylation sites (N-methyl/N-ethyl adjacent to an activating group) is 1. The third-order valence-corrected chi connectivity index (χ3v) is 5.74. The van der Waals surface area contributed by atoms with E-state index in [9.17, 15) is 8.42 Å². The van der Waals surface area contributed by atoms with Gasteiger partial charge < -0.3 is 4.90 Å². The number of sulfonamides is 1. The SMILES string of the molecule is CN1CCN(NS(=O)(=O)c2c(Cl)cc(Br)cc2Cl)CC1. The smallest absolute Gasteiger partial charge is 0.256 e. The number of rotatable bonds is 3. The Balaban J connectivity index is 2.23. The van der Waals surface area contributed by atoms with Crippen LogP contribution in [0.1, 0.15) is 0 Å². The largest absolute Gasteiger partial charge is 0.304 e. The summed E-state index contributed by atoms with van der Waals surface area (Å²) >= 11 is 15.2. The number of hydrogen-bond acceptors (Lipinski definition) is 4. The lowest BCUT2D eigenvalue weighted by Crippen LogP contribution is -2.52. The number of hydrogen-bond donors (Lipinski definition) is 1. The van der Waals surface area contributed by atoms with Crippen LogP contribution in [-0.4, -0.2) is 51.6 Å². The Morgan fingerprint density at radius 2 is 1.65 bits per heavy atom. The number of nitrogens with one attached hydrogen (secondary N) is 1. The van der Waals surface area contributed by atoms with Crippen molar-refractivity contribution in [3.63, 3.8) is 0 Å². The minimum atomic E-state index is -3.78. The molecule has 1 aliphatic heterocycles. The molecule has 1 N–H and O–H groups in total. The van der Waals surface area contributed by atoms with E-state index in [0.717, 1.165) is 13.1 Å². The van der Waals surface area contributed by atoms with Gasteiger partial charge in [-0.25, -0.2) is 13.4 Å². The highest BCUT2D eigenvalue weighted by Gasteiger charge is 2.26. The van der Waals surface area contributed by atoms with E-state index in [0.29, 0.717) is 17.6 Å². The Bertz CT molecular complexity index is 581. The fraction of sp³-hybridized carbons (Fsp3) is 0.455. The number of piperazine rings is 1. The zero-order valence-corrected chi connectivity index (χ0v) is 14.7. The number of nitrogens with zero attached hydrogens (tertiary/aromatic N) is 2. The molecule has 0 unspecified atom stereocenters. The molecule has 2 rings (SSSR count). The molecule has 112 valence electrons. The average Bonchev–Trinajstić information content (AvgIpc) is 2.30. The highest BCUT2D eigenvalue weighted by Crippen LogP contribution is 2.32. The molecule has 0 atom stereocenters. The molecular weight excluding hydrogens is 389 g/mol. The molecule has 9 heteroatoms. The van der Waals surface area contributed by atoms with E-state index in [1.165, 1.54) is 12.1 Å². The minimum absolute atomic E-state index is 0.0889. The lowest BCUT2D eigenvalue weighted by molar-refractivity contribution is 0.135. The van der Waals surface area contributed by atoms with Gasteiger partial charge in [-0.2, -0.15) is 0 Å². The number of hydrazine groups is 1. The normalized spacial score (nSPS) is 18.4. The summed E-state index contributed by atoms with van der Waals surface area (Å²) in [6.45, 7) is 2.82. The second kappa shape index (κ2) is 6.48. The Morgan fingerprint density at radius 3 is 2.15 bits per heavy atom. The topological polar surface area (TPSA) is 52.6 Å². The quantitative estimate of drug-likeness (QED) is 0.841. The molecule has 0 bridgehead atoms. The van der Waals surface area contributed by atoms with E-state index >= 15 is 0 Å². The highest BCUT2D eigenvalue weighted by molar-refractivity contribution is 9.10. The first kappa shape index (κ1) is 16.5. The molecule has 1 aromatic rings. The lowest BCUT2D eigenvalue weighted by atomic mass is 10.4. The maximum atomic E-state index is 12.4. The summed E-state index contributed by atoms with van der Waals surface area (Å²) in [4.78, 5) is 4.56. The molecule has 0 saturated carbocycles. The van der Waals surface area contributed by atoms with Gasteiger partial charge >= 0.3 is 0 Å². The van der Waals surface area contributed by atoms with E-state index in [2.05, 4.69) is 25.7 Å². The van der Waals surface area contributed by atoms with Crippen molar-refractivity contribution >= 4 is 49.2 Å². The van der Waals surface area contributed by atoms with Gasteiger partial charge in [0, 0.05) is 30.7 Å². The fourth-order valence-electron chi connectivity index (χ4n) is 1.90. The lowest BCUT2D eigenvalue weighted by Gasteiger charge is -2.32. The van der Waals surface area contributed by atoms with Gasteiger partial charge in [-0.05, 0) is 19.2 Å². The predicted octanol–water partition coefficient (Wildman–Crippen LogP) is 2.20. The van der Waals surface area contributed by atoms with Crippen LogP contribution >= 0.6 is 39.1 Å². The van der Waals surface area contributed by atoms with Gasteiger partial charge in [-0.15, -0.1) is 4.83 Å². The maximum Gasteiger partial charge on any atom is 0.256 e. The van der Waals surface area contributed by atoms with Crippen LogP contribution < -0.4 is 4.83 Å². The molecule has 0 radical (unpaired) electrons. The Labute approximate surface area is 137 Å². The summed E-state index contributed by atoms with van der Waals surface area (Å²) in [5.41, 5.74) is 0. The van der Waals surface area contributed by atoms with E-state index in [-0.39, 0.29) is 14.9 Å². The van der Waals surface area contributed by atoms with Gasteiger partial charge in [0.1, 0.15) is 4.90 Å². The summed E-state index contributed by atoms with van der Waals surface area (Å²) in [6, 6.07) is 3.01. The van der Waals surface area contributed by atoms with Crippen molar-refractivity contribution < 1.29 is 8.42 Å². The molecule has 1 aromatic carbocycles. The Hall–Kier alpha value is 0.110. The van der Waals surface area contributed by atoms with Crippen LogP contribution in [0.25, 0.3) is 0 Å². The second-order valence-electron chi connectivity index (χ2n) is 4.58. The summed E-state index contributed by atoms with van der Waals surface area (Å²) in [6.07, 6.45) is 0. The van der Waals surface area contributed by atoms with Crippen LogP contribution in [0.2, 0.25) is 10.0 Å². The van der Waals surface area contributed by atoms with Crippen molar-refractivity contribution in [2.24, 2.45) is 0 Å². The van der Waals surface area contributed by atoms with Crippen molar-refractivity contribution in [3.8, 4) is 0 Å². The van der Waals surface area contributed by atoms with Gasteiger partial charge in [0.2, 0.25) is 0 Å². The van der Waals surface area contributed by atoms with Crippen LogP contribution in [0, 0.1) is 0 Å². The van der Waals surface area contributed by atoms with Crippen molar-refractivity contribution in [2.45, 2.75) is 4.90 Å². The van der Waals surface area contributed by atoms with E-state index in [1.807, 2.05) is 7.05 Å². The zero-order chi connectivity index (χ0) is 14.9. The third-order valence-electron chi connectivity index (χ3n) is 2.98. The summed E-state index contributed by atoms with van der Waals surface area (Å²) in [5.74, 6) is 0. The Morgan fingerprint density at radius 1 is 1.15 bits per heavy atom. The molecule has 20 heavy (non-hydrogen) atoms. The van der Waals surface area contributed by atoms with Crippen LogP contribution in [0.5, 0.6) is 0 Å². The molecule has 5 nitrogen and oxygen atoms in total. The highest BCUT2D eigenvalue weighted by atomic mass is 79.9. The third kappa shape index (κ3) is 3.85. The maximum absolute atomic E-state index is 12.4. The molecule has 0 aromatic heterocycles. The molecule has 1 saturated heterocycles. The van der Waals surface area contributed by atoms with Crippen LogP contribution in [0.15, 0.2) is 21.5 Å². The zero-order valence-electron chi connectivity index (χ0n) is 10.7. The monoisotopic (exact) mass is 401 g/mol. The van der Waals surface area contributed by atoms with Gasteiger partial charge in [0.25, 0.3) is 10.0 Å². The molecule has 1 aliphatic rings. The number of benzene rings is 1. The predicted molar refractivity (Wildman–Crippen MR) is 83.6 cm³/mol. The molecular formula is C11H14BrCl2N3O2S. The summed E-state index contributed by atoms with van der Waals surface area (Å²) < 4.78 is 25.4.